The van der Waals surface area contributed by atoms with Gasteiger partial charge in [0.1, 0.15) is 0 Å². The average molecular weight is 196 g/mol. The second kappa shape index (κ2) is 4.35. The Morgan fingerprint density at radius 2 is 2.07 bits per heavy atom. The molecule has 1 aromatic rings. The van der Waals surface area contributed by atoms with Crippen LogP contribution < -0.4 is 10.2 Å². The molecule has 1 aromatic carbocycles. The van der Waals surface area contributed by atoms with E-state index in [2.05, 4.69) is 16.7 Å². The zero-order valence-electron chi connectivity index (χ0n) is 7.14. The summed E-state index contributed by atoms with van der Waals surface area (Å²) in [5, 5.41) is 21.4. The highest BCUT2D eigenvalue weighted by atomic mass is 16.9. The third-order valence-corrected chi connectivity index (χ3v) is 1.44. The summed E-state index contributed by atoms with van der Waals surface area (Å²) in [5.41, 5.74) is 0.122. The van der Waals surface area contributed by atoms with E-state index in [0.717, 1.165) is 0 Å². The lowest BCUT2D eigenvalue weighted by molar-refractivity contribution is -1.03. The number of hydrogen-bond acceptors (Lipinski definition) is 4. The summed E-state index contributed by atoms with van der Waals surface area (Å²) in [7, 11) is 0. The summed E-state index contributed by atoms with van der Waals surface area (Å²) in [6.07, 6.45) is 0. The molecule has 0 bridgehead atoms. The number of rotatable bonds is 4. The van der Waals surface area contributed by atoms with Crippen molar-refractivity contribution in [1.29, 1.82) is 0 Å². The van der Waals surface area contributed by atoms with E-state index in [1.807, 2.05) is 0 Å². The van der Waals surface area contributed by atoms with Gasteiger partial charge in [0.25, 0.3) is 0 Å². The Kier molecular flexibility index (Phi) is 3.16. The topological polar surface area (TPSA) is 86.4 Å². The van der Waals surface area contributed by atoms with Crippen molar-refractivity contribution in [1.82, 2.24) is 0 Å². The fourth-order valence-corrected chi connectivity index (χ4v) is 0.799. The van der Waals surface area contributed by atoms with Crippen LogP contribution in [0, 0.1) is 5.21 Å². The summed E-state index contributed by atoms with van der Waals surface area (Å²) in [6.45, 7) is 2.98. The predicted octanol–water partition coefficient (Wildman–Crippen LogP) is -0.323. The number of carbonyl (C=O) groups is 1. The molecular weight excluding hydrogens is 188 g/mol. The van der Waals surface area contributed by atoms with Crippen LogP contribution in [0.5, 0.6) is 5.75 Å². The fraction of sp³-hybridized carbons (Fsp3) is 0. The lowest BCUT2D eigenvalue weighted by atomic mass is 10.2. The molecule has 0 saturated carbocycles. The molecule has 0 fully saturated rings. The quantitative estimate of drug-likeness (QED) is 0.510. The van der Waals surface area contributed by atoms with Crippen molar-refractivity contribution in [3.63, 3.8) is 0 Å². The number of nitrogens with zero attached hydrogens (tertiary/aromatic N) is 1. The highest BCUT2D eigenvalue weighted by Crippen LogP contribution is 2.09. The Balaban J connectivity index is 2.73. The van der Waals surface area contributed by atoms with Gasteiger partial charge in [0.15, 0.2) is 5.75 Å². The molecule has 1 rings (SSSR count). The highest BCUT2D eigenvalue weighted by Gasteiger charge is 2.03. The molecule has 0 radical (unpaired) electrons. The average Bonchev–Trinajstić information content (AvgIpc) is 2.18. The van der Waals surface area contributed by atoms with E-state index in [9.17, 15) is 10.0 Å². The Bertz CT molecular complexity index is 336. The Hall–Kier alpha value is -1.92. The van der Waals surface area contributed by atoms with Crippen molar-refractivity contribution in [2.45, 2.75) is 0 Å². The molecule has 6 nitrogen and oxygen atoms in total. The van der Waals surface area contributed by atoms with Gasteiger partial charge in [-0.1, -0.05) is 10.4 Å². The fourth-order valence-electron chi connectivity index (χ4n) is 0.799. The molecule has 0 aliphatic rings. The number of hydrogen-bond donors (Lipinski definition) is 2. The first kappa shape index (κ1) is 10.2. The maximum absolute atomic E-state index is 10.6. The molecule has 6 heteroatoms. The van der Waals surface area contributed by atoms with Crippen molar-refractivity contribution in [3.05, 3.63) is 35.0 Å². The van der Waals surface area contributed by atoms with Crippen LogP contribution in [0.1, 0.15) is 10.4 Å². The second-order valence-corrected chi connectivity index (χ2v) is 2.36. The van der Waals surface area contributed by atoms with Crippen molar-refractivity contribution in [2.24, 2.45) is 5.10 Å². The van der Waals surface area contributed by atoms with E-state index in [4.69, 9.17) is 5.11 Å². The maximum atomic E-state index is 10.6. The SMILES string of the molecule is C=N[NH+]([O-])Oc1ccc(C(=O)O)cc1. The van der Waals surface area contributed by atoms with Gasteiger partial charge in [-0.05, 0) is 24.3 Å². The standard InChI is InChI=1S/C8H8N2O4/c1-9-10(13)14-7-4-2-6(3-5-7)8(11)12/h2-5,10H,1H2,(H,11,12). The highest BCUT2D eigenvalue weighted by molar-refractivity contribution is 5.87. The van der Waals surface area contributed by atoms with Crippen LogP contribution in [-0.2, 0) is 0 Å². The Morgan fingerprint density at radius 3 is 2.50 bits per heavy atom. The van der Waals surface area contributed by atoms with E-state index in [-0.39, 0.29) is 11.3 Å². The lowest BCUT2D eigenvalue weighted by Gasteiger charge is -2.12. The third-order valence-electron chi connectivity index (χ3n) is 1.44. The predicted molar refractivity (Wildman–Crippen MR) is 47.9 cm³/mol. The van der Waals surface area contributed by atoms with E-state index < -0.39 is 11.3 Å². The molecular formula is C8H8N2O4. The third kappa shape index (κ3) is 2.54. The number of aromatic carboxylic acids is 1. The molecule has 1 atom stereocenters. The van der Waals surface area contributed by atoms with E-state index in [1.54, 1.807) is 0 Å². The van der Waals surface area contributed by atoms with Crippen molar-refractivity contribution in [2.75, 3.05) is 0 Å². The molecule has 0 spiro atoms. The van der Waals surface area contributed by atoms with Gasteiger partial charge in [0.05, 0.1) is 12.3 Å². The van der Waals surface area contributed by atoms with Crippen LogP contribution in [0.25, 0.3) is 0 Å². The van der Waals surface area contributed by atoms with Gasteiger partial charge in [0, 0.05) is 0 Å². The smallest absolute Gasteiger partial charge is 0.335 e. The minimum absolute atomic E-state index is 0.122. The molecule has 14 heavy (non-hydrogen) atoms. The molecule has 0 saturated heterocycles. The normalized spacial score (nSPS) is 11.8. The van der Waals surface area contributed by atoms with Gasteiger partial charge in [-0.3, -0.25) is 4.84 Å². The molecule has 1 unspecified atom stereocenters. The van der Waals surface area contributed by atoms with Gasteiger partial charge in [0.2, 0.25) is 0 Å². The molecule has 74 valence electrons. The molecule has 0 aliphatic carbocycles. The molecule has 0 aliphatic heterocycles. The van der Waals surface area contributed by atoms with Crippen LogP contribution >= 0.6 is 0 Å². The van der Waals surface area contributed by atoms with Gasteiger partial charge in [-0.2, -0.15) is 0 Å². The molecule has 0 amide bonds. The summed E-state index contributed by atoms with van der Waals surface area (Å²) in [4.78, 5) is 15.1. The Labute approximate surface area is 79.6 Å². The molecule has 2 N–H and O–H groups in total. The second-order valence-electron chi connectivity index (χ2n) is 2.36. The van der Waals surface area contributed by atoms with Gasteiger partial charge in [-0.25, -0.2) is 4.79 Å². The zero-order chi connectivity index (χ0) is 10.6. The van der Waals surface area contributed by atoms with Crippen LogP contribution in [-0.4, -0.2) is 17.8 Å². The van der Waals surface area contributed by atoms with Crippen LogP contribution in [0.15, 0.2) is 29.4 Å². The largest absolute Gasteiger partial charge is 0.563 e. The van der Waals surface area contributed by atoms with Gasteiger partial charge >= 0.3 is 5.97 Å². The van der Waals surface area contributed by atoms with Crippen LogP contribution in [0.4, 0.5) is 0 Å². The van der Waals surface area contributed by atoms with Gasteiger partial charge < -0.3 is 10.3 Å². The molecule has 0 aromatic heterocycles. The number of carboxylic acid groups (broad SMARTS) is 1. The zero-order valence-corrected chi connectivity index (χ0v) is 7.14. The maximum Gasteiger partial charge on any atom is 0.335 e. The number of nitrogens with one attached hydrogen (secondary N) is 1. The number of benzene rings is 1. The van der Waals surface area contributed by atoms with Crippen LogP contribution in [0.3, 0.4) is 0 Å². The van der Waals surface area contributed by atoms with Gasteiger partial charge in [-0.15, -0.1) is 0 Å². The summed E-state index contributed by atoms with van der Waals surface area (Å²) < 4.78 is 0. The first-order chi connectivity index (χ1) is 6.63. The first-order valence-electron chi connectivity index (χ1n) is 3.65. The van der Waals surface area contributed by atoms with Crippen molar-refractivity contribution < 1.29 is 20.1 Å². The van der Waals surface area contributed by atoms with Crippen molar-refractivity contribution in [3.8, 4) is 5.75 Å². The lowest BCUT2D eigenvalue weighted by Crippen LogP contribution is -3.04. The van der Waals surface area contributed by atoms with E-state index in [1.165, 1.54) is 24.3 Å². The Morgan fingerprint density at radius 1 is 1.50 bits per heavy atom. The summed E-state index contributed by atoms with van der Waals surface area (Å²) in [5.74, 6) is -0.808. The van der Waals surface area contributed by atoms with Crippen molar-refractivity contribution >= 4 is 12.7 Å². The van der Waals surface area contributed by atoms with Crippen LogP contribution in [0.2, 0.25) is 0 Å². The number of quaternary nitrogens is 1. The summed E-state index contributed by atoms with van der Waals surface area (Å²) in [6, 6.07) is 5.39. The minimum Gasteiger partial charge on any atom is -0.563 e. The summed E-state index contributed by atoms with van der Waals surface area (Å²) >= 11 is 0. The minimum atomic E-state index is -1.04. The number of carboxylic acids is 1. The molecule has 0 heterocycles. The van der Waals surface area contributed by atoms with E-state index >= 15 is 0 Å². The van der Waals surface area contributed by atoms with E-state index in [0.29, 0.717) is 0 Å². The monoisotopic (exact) mass is 196 g/mol. The first-order valence-corrected chi connectivity index (χ1v) is 3.65.